The van der Waals surface area contributed by atoms with E-state index in [2.05, 4.69) is 27.8 Å². The fourth-order valence-corrected chi connectivity index (χ4v) is 2.90. The maximum atomic E-state index is 5.75. The monoisotopic (exact) mass is 311 g/mol. The number of hydrogen-bond acceptors (Lipinski definition) is 2. The molecule has 1 atom stereocenters. The van der Waals surface area contributed by atoms with Crippen LogP contribution >= 0.6 is 15.9 Å². The average molecular weight is 312 g/mol. The number of piperidine rings is 1. The summed E-state index contributed by atoms with van der Waals surface area (Å²) in [6, 6.07) is 8.05. The van der Waals surface area contributed by atoms with E-state index in [9.17, 15) is 0 Å². The first kappa shape index (κ1) is 13.9. The van der Waals surface area contributed by atoms with E-state index in [1.807, 2.05) is 24.3 Å². The third kappa shape index (κ3) is 4.62. The van der Waals surface area contributed by atoms with Crippen LogP contribution < -0.4 is 4.74 Å². The number of benzene rings is 1. The Morgan fingerprint density at radius 1 is 1.44 bits per heavy atom. The minimum atomic E-state index is 0.807. The summed E-state index contributed by atoms with van der Waals surface area (Å²) in [7, 11) is 0. The fourth-order valence-electron chi connectivity index (χ4n) is 2.52. The van der Waals surface area contributed by atoms with E-state index in [4.69, 9.17) is 4.74 Å². The lowest BCUT2D eigenvalue weighted by atomic mass is 10.0. The molecule has 2 rings (SSSR count). The second-order valence-electron chi connectivity index (χ2n) is 5.21. The van der Waals surface area contributed by atoms with Gasteiger partial charge in [0.05, 0.1) is 6.61 Å². The summed E-state index contributed by atoms with van der Waals surface area (Å²) in [5.41, 5.74) is 0. The van der Waals surface area contributed by atoms with Crippen molar-refractivity contribution in [2.24, 2.45) is 5.92 Å². The molecule has 0 saturated carbocycles. The van der Waals surface area contributed by atoms with Crippen LogP contribution in [0.3, 0.4) is 0 Å². The largest absolute Gasteiger partial charge is 0.494 e. The molecule has 0 amide bonds. The molecular weight excluding hydrogens is 290 g/mol. The SMILES string of the molecule is CC1CCCN(CCCOc2cccc(Br)c2)C1. The summed E-state index contributed by atoms with van der Waals surface area (Å²) >= 11 is 3.45. The number of hydrogen-bond donors (Lipinski definition) is 0. The van der Waals surface area contributed by atoms with Gasteiger partial charge in [-0.15, -0.1) is 0 Å². The van der Waals surface area contributed by atoms with Crippen LogP contribution in [0.4, 0.5) is 0 Å². The normalized spacial score (nSPS) is 20.9. The van der Waals surface area contributed by atoms with Crippen LogP contribution in [0.25, 0.3) is 0 Å². The van der Waals surface area contributed by atoms with Crippen molar-refractivity contribution in [3.8, 4) is 5.75 Å². The predicted molar refractivity (Wildman–Crippen MR) is 79.1 cm³/mol. The molecule has 1 aliphatic heterocycles. The van der Waals surface area contributed by atoms with Crippen LogP contribution in [0.2, 0.25) is 0 Å². The Hall–Kier alpha value is -0.540. The van der Waals surface area contributed by atoms with Gasteiger partial charge in [-0.2, -0.15) is 0 Å². The van der Waals surface area contributed by atoms with Gasteiger partial charge in [-0.3, -0.25) is 0 Å². The Labute approximate surface area is 118 Å². The molecule has 1 aromatic rings. The molecule has 1 fully saturated rings. The summed E-state index contributed by atoms with van der Waals surface area (Å²) in [5, 5.41) is 0. The van der Waals surface area contributed by atoms with Crippen molar-refractivity contribution in [1.29, 1.82) is 0 Å². The van der Waals surface area contributed by atoms with Crippen molar-refractivity contribution in [2.75, 3.05) is 26.2 Å². The maximum absolute atomic E-state index is 5.75. The smallest absolute Gasteiger partial charge is 0.120 e. The van der Waals surface area contributed by atoms with Gasteiger partial charge in [-0.1, -0.05) is 28.9 Å². The lowest BCUT2D eigenvalue weighted by molar-refractivity contribution is 0.170. The van der Waals surface area contributed by atoms with Crippen molar-refractivity contribution < 1.29 is 4.74 Å². The number of halogens is 1. The zero-order valence-electron chi connectivity index (χ0n) is 11.1. The third-order valence-corrected chi connectivity index (χ3v) is 3.92. The molecule has 0 aromatic heterocycles. The molecule has 0 bridgehead atoms. The highest BCUT2D eigenvalue weighted by molar-refractivity contribution is 9.10. The van der Waals surface area contributed by atoms with Crippen molar-refractivity contribution in [1.82, 2.24) is 4.90 Å². The second kappa shape index (κ2) is 7.15. The molecule has 1 aromatic carbocycles. The van der Waals surface area contributed by atoms with E-state index in [1.165, 1.54) is 32.5 Å². The fraction of sp³-hybridized carbons (Fsp3) is 0.600. The number of nitrogens with zero attached hydrogens (tertiary/aromatic N) is 1. The quantitative estimate of drug-likeness (QED) is 0.763. The van der Waals surface area contributed by atoms with Gasteiger partial charge < -0.3 is 9.64 Å². The predicted octanol–water partition coefficient (Wildman–Crippen LogP) is 3.95. The Balaban J connectivity index is 1.64. The minimum Gasteiger partial charge on any atom is -0.494 e. The highest BCUT2D eigenvalue weighted by Crippen LogP contribution is 2.18. The first-order valence-electron chi connectivity index (χ1n) is 6.85. The van der Waals surface area contributed by atoms with E-state index in [1.54, 1.807) is 0 Å². The summed E-state index contributed by atoms with van der Waals surface area (Å²) in [4.78, 5) is 2.57. The van der Waals surface area contributed by atoms with Gasteiger partial charge >= 0.3 is 0 Å². The highest BCUT2D eigenvalue weighted by Gasteiger charge is 2.15. The average Bonchev–Trinajstić information content (AvgIpc) is 2.35. The standard InChI is InChI=1S/C15H22BrNO/c1-13-5-3-8-17(12-13)9-4-10-18-15-7-2-6-14(16)11-15/h2,6-7,11,13H,3-5,8-10,12H2,1H3. The number of likely N-dealkylation sites (tertiary alicyclic amines) is 1. The molecule has 1 saturated heterocycles. The van der Waals surface area contributed by atoms with Gasteiger partial charge in [-0.05, 0) is 49.9 Å². The Morgan fingerprint density at radius 3 is 3.11 bits per heavy atom. The van der Waals surface area contributed by atoms with Crippen molar-refractivity contribution in [3.05, 3.63) is 28.7 Å². The van der Waals surface area contributed by atoms with Crippen LogP contribution in [0.15, 0.2) is 28.7 Å². The summed E-state index contributed by atoms with van der Waals surface area (Å²) in [6.45, 7) is 6.85. The molecule has 2 nitrogen and oxygen atoms in total. The molecular formula is C15H22BrNO. The molecule has 100 valence electrons. The Morgan fingerprint density at radius 2 is 2.33 bits per heavy atom. The third-order valence-electron chi connectivity index (χ3n) is 3.42. The molecule has 3 heteroatoms. The van der Waals surface area contributed by atoms with E-state index in [-0.39, 0.29) is 0 Å². The molecule has 0 aliphatic carbocycles. The van der Waals surface area contributed by atoms with Crippen molar-refractivity contribution in [2.45, 2.75) is 26.2 Å². The first-order valence-corrected chi connectivity index (χ1v) is 7.64. The van der Waals surface area contributed by atoms with Gasteiger partial charge in [0.15, 0.2) is 0 Å². The second-order valence-corrected chi connectivity index (χ2v) is 6.12. The lowest BCUT2D eigenvalue weighted by Gasteiger charge is -2.30. The van der Waals surface area contributed by atoms with Crippen molar-refractivity contribution >= 4 is 15.9 Å². The van der Waals surface area contributed by atoms with Gasteiger partial charge in [0.25, 0.3) is 0 Å². The molecule has 0 spiro atoms. The number of ether oxygens (including phenoxy) is 1. The lowest BCUT2D eigenvalue weighted by Crippen LogP contribution is -2.35. The molecule has 1 unspecified atom stereocenters. The van der Waals surface area contributed by atoms with Crippen LogP contribution in [-0.4, -0.2) is 31.1 Å². The molecule has 0 N–H and O–H groups in total. The molecule has 0 radical (unpaired) electrons. The zero-order valence-corrected chi connectivity index (χ0v) is 12.7. The highest BCUT2D eigenvalue weighted by atomic mass is 79.9. The van der Waals surface area contributed by atoms with Gasteiger partial charge in [-0.25, -0.2) is 0 Å². The van der Waals surface area contributed by atoms with E-state index >= 15 is 0 Å². The molecule has 1 aliphatic rings. The van der Waals surface area contributed by atoms with E-state index in [0.29, 0.717) is 0 Å². The maximum Gasteiger partial charge on any atom is 0.120 e. The summed E-state index contributed by atoms with van der Waals surface area (Å²) in [5.74, 6) is 1.82. The van der Waals surface area contributed by atoms with Crippen LogP contribution in [0, 0.1) is 5.92 Å². The van der Waals surface area contributed by atoms with Crippen LogP contribution in [0.5, 0.6) is 5.75 Å². The van der Waals surface area contributed by atoms with Crippen LogP contribution in [-0.2, 0) is 0 Å². The van der Waals surface area contributed by atoms with Gasteiger partial charge in [0.2, 0.25) is 0 Å². The topological polar surface area (TPSA) is 12.5 Å². The summed E-state index contributed by atoms with van der Waals surface area (Å²) < 4.78 is 6.82. The molecule has 1 heterocycles. The molecule has 18 heavy (non-hydrogen) atoms. The minimum absolute atomic E-state index is 0.807. The van der Waals surface area contributed by atoms with Gasteiger partial charge in [0.1, 0.15) is 5.75 Å². The van der Waals surface area contributed by atoms with Crippen molar-refractivity contribution in [3.63, 3.8) is 0 Å². The Kier molecular flexibility index (Phi) is 5.51. The number of rotatable bonds is 5. The van der Waals surface area contributed by atoms with E-state index in [0.717, 1.165) is 29.2 Å². The summed E-state index contributed by atoms with van der Waals surface area (Å²) in [6.07, 6.45) is 3.86. The van der Waals surface area contributed by atoms with Crippen LogP contribution in [0.1, 0.15) is 26.2 Å². The Bertz CT molecular complexity index is 369. The van der Waals surface area contributed by atoms with E-state index < -0.39 is 0 Å². The first-order chi connectivity index (χ1) is 8.74. The van der Waals surface area contributed by atoms with Gasteiger partial charge in [0, 0.05) is 17.6 Å². The zero-order chi connectivity index (χ0) is 12.8.